The SMILES string of the molecule is COc1ccc(C)cc1NC(=O)CSC[C@@H](N)C(=O)O. The zero-order chi connectivity index (χ0) is 15.1. The van der Waals surface area contributed by atoms with E-state index >= 15 is 0 Å². The van der Waals surface area contributed by atoms with Crippen molar-refractivity contribution >= 4 is 29.3 Å². The van der Waals surface area contributed by atoms with Crippen molar-refractivity contribution in [3.8, 4) is 5.75 Å². The third-order valence-electron chi connectivity index (χ3n) is 2.48. The monoisotopic (exact) mass is 298 g/mol. The normalized spacial score (nSPS) is 11.8. The number of nitrogens with two attached hydrogens (primary N) is 1. The number of rotatable bonds is 7. The second-order valence-corrected chi connectivity index (χ2v) is 5.24. The summed E-state index contributed by atoms with van der Waals surface area (Å²) in [6, 6.07) is 4.51. The van der Waals surface area contributed by atoms with Gasteiger partial charge in [-0.05, 0) is 24.6 Å². The molecular weight excluding hydrogens is 280 g/mol. The van der Waals surface area contributed by atoms with Crippen LogP contribution in [0.4, 0.5) is 5.69 Å². The first-order chi connectivity index (χ1) is 9.43. The minimum atomic E-state index is -1.07. The molecule has 1 rings (SSSR count). The summed E-state index contributed by atoms with van der Waals surface area (Å²) in [7, 11) is 1.53. The Morgan fingerprint density at radius 1 is 1.50 bits per heavy atom. The fourth-order valence-electron chi connectivity index (χ4n) is 1.46. The molecule has 6 nitrogen and oxygen atoms in total. The van der Waals surface area contributed by atoms with Crippen LogP contribution >= 0.6 is 11.8 Å². The van der Waals surface area contributed by atoms with Crippen LogP contribution in [0.15, 0.2) is 18.2 Å². The van der Waals surface area contributed by atoms with E-state index in [9.17, 15) is 9.59 Å². The van der Waals surface area contributed by atoms with Gasteiger partial charge in [-0.1, -0.05) is 6.07 Å². The molecule has 0 aliphatic rings. The molecule has 7 heteroatoms. The number of thioether (sulfide) groups is 1. The molecule has 1 aromatic carbocycles. The van der Waals surface area contributed by atoms with Gasteiger partial charge < -0.3 is 20.9 Å². The lowest BCUT2D eigenvalue weighted by molar-refractivity contribution is -0.137. The van der Waals surface area contributed by atoms with E-state index < -0.39 is 12.0 Å². The molecule has 0 saturated carbocycles. The van der Waals surface area contributed by atoms with Crippen LogP contribution in [0, 0.1) is 6.92 Å². The van der Waals surface area contributed by atoms with Gasteiger partial charge in [-0.25, -0.2) is 0 Å². The van der Waals surface area contributed by atoms with Gasteiger partial charge in [-0.2, -0.15) is 0 Å². The molecule has 1 amide bonds. The van der Waals surface area contributed by atoms with Crippen LogP contribution in [0.5, 0.6) is 5.75 Å². The molecule has 1 atom stereocenters. The molecule has 1 aromatic rings. The molecule has 0 radical (unpaired) electrons. The predicted molar refractivity (Wildman–Crippen MR) is 79.3 cm³/mol. The Kier molecular flexibility index (Phi) is 6.33. The van der Waals surface area contributed by atoms with Crippen LogP contribution in [-0.4, -0.2) is 41.6 Å². The average molecular weight is 298 g/mol. The van der Waals surface area contributed by atoms with Gasteiger partial charge in [-0.3, -0.25) is 9.59 Å². The number of hydrogen-bond donors (Lipinski definition) is 3. The van der Waals surface area contributed by atoms with Gasteiger partial charge in [0.25, 0.3) is 0 Å². The maximum absolute atomic E-state index is 11.8. The zero-order valence-corrected chi connectivity index (χ0v) is 12.2. The lowest BCUT2D eigenvalue weighted by Gasteiger charge is -2.11. The minimum absolute atomic E-state index is 0.137. The third kappa shape index (κ3) is 5.10. The molecule has 0 unspecified atom stereocenters. The number of anilines is 1. The Morgan fingerprint density at radius 3 is 2.80 bits per heavy atom. The molecule has 0 fully saturated rings. The highest BCUT2D eigenvalue weighted by Gasteiger charge is 2.13. The van der Waals surface area contributed by atoms with E-state index in [1.165, 1.54) is 18.9 Å². The molecule has 4 N–H and O–H groups in total. The standard InChI is InChI=1S/C13H18N2O4S/c1-8-3-4-11(19-2)10(5-8)15-12(16)7-20-6-9(14)13(17)18/h3-5,9H,6-7,14H2,1-2H3,(H,15,16)(H,17,18)/t9-/m1/s1. The van der Waals surface area contributed by atoms with E-state index in [0.29, 0.717) is 11.4 Å². The Bertz CT molecular complexity index is 493. The summed E-state index contributed by atoms with van der Waals surface area (Å²) < 4.78 is 5.16. The maximum Gasteiger partial charge on any atom is 0.321 e. The van der Waals surface area contributed by atoms with E-state index in [-0.39, 0.29) is 17.4 Å². The van der Waals surface area contributed by atoms with Gasteiger partial charge in [-0.15, -0.1) is 11.8 Å². The number of nitrogens with one attached hydrogen (secondary N) is 1. The van der Waals surface area contributed by atoms with Crippen LogP contribution in [0.1, 0.15) is 5.56 Å². The highest BCUT2D eigenvalue weighted by atomic mass is 32.2. The Balaban J connectivity index is 2.50. The number of methoxy groups -OCH3 is 1. The van der Waals surface area contributed by atoms with Gasteiger partial charge in [0, 0.05) is 5.75 Å². The van der Waals surface area contributed by atoms with E-state index in [4.69, 9.17) is 15.6 Å². The number of benzene rings is 1. The van der Waals surface area contributed by atoms with E-state index in [1.54, 1.807) is 6.07 Å². The maximum atomic E-state index is 11.8. The van der Waals surface area contributed by atoms with Gasteiger partial charge in [0.2, 0.25) is 5.91 Å². The van der Waals surface area contributed by atoms with Gasteiger partial charge in [0.05, 0.1) is 18.6 Å². The van der Waals surface area contributed by atoms with Crippen molar-refractivity contribution in [3.05, 3.63) is 23.8 Å². The first-order valence-electron chi connectivity index (χ1n) is 5.94. The summed E-state index contributed by atoms with van der Waals surface area (Å²) in [5, 5.41) is 11.4. The molecule has 0 heterocycles. The summed E-state index contributed by atoms with van der Waals surface area (Å²) in [5.74, 6) is -0.392. The van der Waals surface area contributed by atoms with E-state index in [2.05, 4.69) is 5.32 Å². The second-order valence-electron chi connectivity index (χ2n) is 4.21. The number of carboxylic acid groups (broad SMARTS) is 1. The smallest absolute Gasteiger partial charge is 0.321 e. The Hall–Kier alpha value is -1.73. The molecule has 110 valence electrons. The summed E-state index contributed by atoms with van der Waals surface area (Å²) in [4.78, 5) is 22.3. The molecular formula is C13H18N2O4S. The van der Waals surface area contributed by atoms with Crippen molar-refractivity contribution in [2.75, 3.05) is 23.9 Å². The zero-order valence-electron chi connectivity index (χ0n) is 11.4. The first-order valence-corrected chi connectivity index (χ1v) is 7.10. The van der Waals surface area contributed by atoms with Crippen LogP contribution in [0.3, 0.4) is 0 Å². The van der Waals surface area contributed by atoms with E-state index in [1.807, 2.05) is 19.1 Å². The van der Waals surface area contributed by atoms with Crippen LogP contribution < -0.4 is 15.8 Å². The number of carboxylic acids is 1. The van der Waals surface area contributed by atoms with Crippen molar-refractivity contribution in [2.24, 2.45) is 5.73 Å². The van der Waals surface area contributed by atoms with E-state index in [0.717, 1.165) is 5.56 Å². The second kappa shape index (κ2) is 7.76. The summed E-state index contributed by atoms with van der Waals surface area (Å²) in [6.07, 6.45) is 0. The number of aliphatic carboxylic acids is 1. The fourth-order valence-corrected chi connectivity index (χ4v) is 2.23. The van der Waals surface area contributed by atoms with Crippen molar-refractivity contribution in [2.45, 2.75) is 13.0 Å². The Labute approximate surface area is 121 Å². The van der Waals surface area contributed by atoms with Crippen LogP contribution in [0.25, 0.3) is 0 Å². The summed E-state index contributed by atoms with van der Waals surface area (Å²) in [5.41, 5.74) is 6.95. The van der Waals surface area contributed by atoms with Crippen molar-refractivity contribution in [1.82, 2.24) is 0 Å². The molecule has 0 saturated heterocycles. The molecule has 0 aliphatic heterocycles. The largest absolute Gasteiger partial charge is 0.495 e. The highest BCUT2D eigenvalue weighted by Crippen LogP contribution is 2.25. The number of ether oxygens (including phenoxy) is 1. The predicted octanol–water partition coefficient (Wildman–Crippen LogP) is 1.09. The summed E-state index contributed by atoms with van der Waals surface area (Å²) >= 11 is 1.18. The topological polar surface area (TPSA) is 102 Å². The minimum Gasteiger partial charge on any atom is -0.495 e. The number of aryl methyl sites for hydroxylation is 1. The fraction of sp³-hybridized carbons (Fsp3) is 0.385. The molecule has 0 bridgehead atoms. The lowest BCUT2D eigenvalue weighted by atomic mass is 10.2. The number of carbonyl (C=O) groups is 2. The van der Waals surface area contributed by atoms with Gasteiger partial charge in [0.1, 0.15) is 11.8 Å². The number of carbonyl (C=O) groups excluding carboxylic acids is 1. The third-order valence-corrected chi connectivity index (χ3v) is 3.54. The molecule has 20 heavy (non-hydrogen) atoms. The highest BCUT2D eigenvalue weighted by molar-refractivity contribution is 8.00. The molecule has 0 aromatic heterocycles. The van der Waals surface area contributed by atoms with Crippen molar-refractivity contribution < 1.29 is 19.4 Å². The van der Waals surface area contributed by atoms with Crippen LogP contribution in [0.2, 0.25) is 0 Å². The van der Waals surface area contributed by atoms with Crippen molar-refractivity contribution in [3.63, 3.8) is 0 Å². The lowest BCUT2D eigenvalue weighted by Crippen LogP contribution is -2.33. The summed E-state index contributed by atoms with van der Waals surface area (Å²) in [6.45, 7) is 1.91. The van der Waals surface area contributed by atoms with Gasteiger partial charge in [0.15, 0.2) is 0 Å². The van der Waals surface area contributed by atoms with Crippen molar-refractivity contribution in [1.29, 1.82) is 0 Å². The average Bonchev–Trinajstić information content (AvgIpc) is 2.38. The van der Waals surface area contributed by atoms with Crippen LogP contribution in [-0.2, 0) is 9.59 Å². The quantitative estimate of drug-likeness (QED) is 0.696. The number of hydrogen-bond acceptors (Lipinski definition) is 5. The molecule has 0 spiro atoms. The van der Waals surface area contributed by atoms with Gasteiger partial charge >= 0.3 is 5.97 Å². The Morgan fingerprint density at radius 2 is 2.20 bits per heavy atom. The first kappa shape index (κ1) is 16.3. The molecule has 0 aliphatic carbocycles. The number of amides is 1.